The van der Waals surface area contributed by atoms with Crippen molar-refractivity contribution >= 4 is 0 Å². The molecule has 1 nitrogen and oxygen atoms in total. The van der Waals surface area contributed by atoms with E-state index in [1.807, 2.05) is 0 Å². The first kappa shape index (κ1) is 4.67. The van der Waals surface area contributed by atoms with Crippen molar-refractivity contribution < 1.29 is 0 Å². The van der Waals surface area contributed by atoms with Gasteiger partial charge in [0.25, 0.3) is 0 Å². The molecule has 1 saturated heterocycles. The van der Waals surface area contributed by atoms with Crippen LogP contribution in [-0.4, -0.2) is 12.6 Å². The number of terminal acetylenes is 1. The summed E-state index contributed by atoms with van der Waals surface area (Å²) in [5, 5.41) is 3.17. The predicted octanol–water partition coefficient (Wildman–Crippen LogP) is 0.372. The van der Waals surface area contributed by atoms with Gasteiger partial charge in [-0.1, -0.05) is 5.92 Å². The Morgan fingerprint density at radius 1 is 1.71 bits per heavy atom. The van der Waals surface area contributed by atoms with Crippen LogP contribution in [-0.2, 0) is 0 Å². The molecule has 0 radical (unpaired) electrons. The minimum Gasteiger partial charge on any atom is -0.304 e. The molecule has 0 aliphatic carbocycles. The average molecular weight is 95.1 g/mol. The van der Waals surface area contributed by atoms with Crippen molar-refractivity contribution in [1.82, 2.24) is 5.32 Å². The van der Waals surface area contributed by atoms with E-state index in [1.54, 1.807) is 0 Å². The molecular weight excluding hydrogens is 86.1 g/mol. The fourth-order valence-electron chi connectivity index (χ4n) is 0.827. The molecule has 7 heavy (non-hydrogen) atoms. The third kappa shape index (κ3) is 0.942. The lowest BCUT2D eigenvalue weighted by Crippen LogP contribution is -2.18. The average Bonchev–Trinajstić information content (AvgIpc) is 2.14. The van der Waals surface area contributed by atoms with Crippen molar-refractivity contribution in [2.75, 3.05) is 6.54 Å². The maximum atomic E-state index is 5.12. The van der Waals surface area contributed by atoms with Crippen molar-refractivity contribution in [3.8, 4) is 12.3 Å². The molecule has 1 aliphatic heterocycles. The third-order valence-electron chi connectivity index (χ3n) is 1.26. The van der Waals surface area contributed by atoms with Crippen molar-refractivity contribution in [2.24, 2.45) is 0 Å². The number of hydrogen-bond donors (Lipinski definition) is 1. The normalized spacial score (nSPS) is 29.9. The van der Waals surface area contributed by atoms with Crippen LogP contribution in [0.3, 0.4) is 0 Å². The second-order valence-corrected chi connectivity index (χ2v) is 1.82. The Morgan fingerprint density at radius 3 is 2.86 bits per heavy atom. The number of rotatable bonds is 0. The van der Waals surface area contributed by atoms with Crippen LogP contribution in [0.4, 0.5) is 0 Å². The van der Waals surface area contributed by atoms with E-state index in [-0.39, 0.29) is 0 Å². The summed E-state index contributed by atoms with van der Waals surface area (Å²) in [5.74, 6) is 2.65. The molecule has 1 heteroatoms. The van der Waals surface area contributed by atoms with E-state index in [9.17, 15) is 0 Å². The van der Waals surface area contributed by atoms with Gasteiger partial charge in [-0.15, -0.1) is 6.42 Å². The Balaban J connectivity index is 2.31. The van der Waals surface area contributed by atoms with Gasteiger partial charge in [-0.05, 0) is 19.4 Å². The highest BCUT2D eigenvalue weighted by Crippen LogP contribution is 2.01. The van der Waals surface area contributed by atoms with Crippen molar-refractivity contribution in [3.63, 3.8) is 0 Å². The lowest BCUT2D eigenvalue weighted by molar-refractivity contribution is 0.749. The van der Waals surface area contributed by atoms with Gasteiger partial charge in [-0.2, -0.15) is 0 Å². The highest BCUT2D eigenvalue weighted by atomic mass is 14.9. The van der Waals surface area contributed by atoms with Gasteiger partial charge in [-0.3, -0.25) is 0 Å². The predicted molar refractivity (Wildman–Crippen MR) is 29.9 cm³/mol. The Kier molecular flexibility index (Phi) is 1.33. The zero-order valence-electron chi connectivity index (χ0n) is 4.28. The van der Waals surface area contributed by atoms with Crippen LogP contribution in [0, 0.1) is 12.3 Å². The summed E-state index contributed by atoms with van der Waals surface area (Å²) in [5.41, 5.74) is 0. The molecule has 1 rings (SSSR count). The standard InChI is InChI=1S/C6H9N/c1-2-6-4-3-5-7-6/h1,6-7H,3-5H2/t6-/m0/s1. The van der Waals surface area contributed by atoms with Gasteiger partial charge in [0.15, 0.2) is 0 Å². The van der Waals surface area contributed by atoms with E-state index >= 15 is 0 Å². The first-order valence-corrected chi connectivity index (χ1v) is 2.63. The summed E-state index contributed by atoms with van der Waals surface area (Å²) in [7, 11) is 0. The van der Waals surface area contributed by atoms with E-state index in [4.69, 9.17) is 6.42 Å². The highest BCUT2D eigenvalue weighted by molar-refractivity contribution is 5.00. The Bertz CT molecular complexity index is 84.8. The molecule has 1 atom stereocenters. The van der Waals surface area contributed by atoms with E-state index in [0.29, 0.717) is 6.04 Å². The van der Waals surface area contributed by atoms with E-state index in [0.717, 1.165) is 13.0 Å². The van der Waals surface area contributed by atoms with E-state index in [2.05, 4.69) is 11.2 Å². The van der Waals surface area contributed by atoms with Crippen molar-refractivity contribution in [3.05, 3.63) is 0 Å². The van der Waals surface area contributed by atoms with Crippen LogP contribution < -0.4 is 5.32 Å². The fraction of sp³-hybridized carbons (Fsp3) is 0.667. The second-order valence-electron chi connectivity index (χ2n) is 1.82. The minimum atomic E-state index is 0.375. The molecule has 0 bridgehead atoms. The van der Waals surface area contributed by atoms with Crippen LogP contribution in [0.1, 0.15) is 12.8 Å². The second kappa shape index (κ2) is 1.99. The lowest BCUT2D eigenvalue weighted by atomic mass is 10.2. The first-order chi connectivity index (χ1) is 3.43. The van der Waals surface area contributed by atoms with E-state index < -0.39 is 0 Å². The molecule has 1 aliphatic rings. The maximum absolute atomic E-state index is 5.12. The number of nitrogens with one attached hydrogen (secondary N) is 1. The van der Waals surface area contributed by atoms with Gasteiger partial charge in [0.05, 0.1) is 6.04 Å². The quantitative estimate of drug-likeness (QED) is 0.429. The Hall–Kier alpha value is -0.480. The maximum Gasteiger partial charge on any atom is 0.0687 e. The van der Waals surface area contributed by atoms with E-state index in [1.165, 1.54) is 6.42 Å². The third-order valence-corrected chi connectivity index (χ3v) is 1.26. The zero-order valence-corrected chi connectivity index (χ0v) is 4.28. The summed E-state index contributed by atoms with van der Waals surface area (Å²) in [6.07, 6.45) is 7.53. The van der Waals surface area contributed by atoms with Crippen LogP contribution >= 0.6 is 0 Å². The molecule has 0 aromatic rings. The highest BCUT2D eigenvalue weighted by Gasteiger charge is 2.08. The largest absolute Gasteiger partial charge is 0.304 e. The molecule has 1 heterocycles. The molecule has 38 valence electrons. The van der Waals surface area contributed by atoms with Gasteiger partial charge >= 0.3 is 0 Å². The van der Waals surface area contributed by atoms with Crippen molar-refractivity contribution in [1.29, 1.82) is 0 Å². The lowest BCUT2D eigenvalue weighted by Gasteiger charge is -1.94. The zero-order chi connectivity index (χ0) is 5.11. The molecule has 0 aromatic heterocycles. The van der Waals surface area contributed by atoms with Crippen LogP contribution in [0.15, 0.2) is 0 Å². The van der Waals surface area contributed by atoms with Crippen LogP contribution in [0.2, 0.25) is 0 Å². The molecule has 0 saturated carbocycles. The summed E-state index contributed by atoms with van der Waals surface area (Å²) in [6.45, 7) is 1.11. The summed E-state index contributed by atoms with van der Waals surface area (Å²) < 4.78 is 0. The number of hydrogen-bond acceptors (Lipinski definition) is 1. The Morgan fingerprint density at radius 2 is 2.57 bits per heavy atom. The van der Waals surface area contributed by atoms with Crippen LogP contribution in [0.25, 0.3) is 0 Å². The van der Waals surface area contributed by atoms with Gasteiger partial charge in [0.2, 0.25) is 0 Å². The van der Waals surface area contributed by atoms with Gasteiger partial charge in [0.1, 0.15) is 0 Å². The SMILES string of the molecule is C#C[C@H]1CCCN1. The molecule has 0 aromatic carbocycles. The molecule has 0 unspecified atom stereocenters. The summed E-state index contributed by atoms with van der Waals surface area (Å²) in [6, 6.07) is 0.375. The monoisotopic (exact) mass is 95.1 g/mol. The van der Waals surface area contributed by atoms with Gasteiger partial charge in [0, 0.05) is 0 Å². The molecule has 0 spiro atoms. The topological polar surface area (TPSA) is 12.0 Å². The van der Waals surface area contributed by atoms with Gasteiger partial charge < -0.3 is 5.32 Å². The fourth-order valence-corrected chi connectivity index (χ4v) is 0.827. The van der Waals surface area contributed by atoms with Crippen molar-refractivity contribution in [2.45, 2.75) is 18.9 Å². The Labute approximate surface area is 44.1 Å². The molecular formula is C6H9N. The summed E-state index contributed by atoms with van der Waals surface area (Å²) in [4.78, 5) is 0. The molecule has 1 N–H and O–H groups in total. The van der Waals surface area contributed by atoms with Gasteiger partial charge in [-0.25, -0.2) is 0 Å². The summed E-state index contributed by atoms with van der Waals surface area (Å²) >= 11 is 0. The molecule has 0 amide bonds. The first-order valence-electron chi connectivity index (χ1n) is 2.63. The van der Waals surface area contributed by atoms with Crippen LogP contribution in [0.5, 0.6) is 0 Å². The molecule has 1 fully saturated rings. The smallest absolute Gasteiger partial charge is 0.0687 e. The minimum absolute atomic E-state index is 0.375.